The van der Waals surface area contributed by atoms with Crippen molar-refractivity contribution in [2.24, 2.45) is 0 Å². The molecule has 0 heterocycles. The van der Waals surface area contributed by atoms with Crippen molar-refractivity contribution in [2.75, 3.05) is 43.4 Å². The van der Waals surface area contributed by atoms with Gasteiger partial charge in [0, 0.05) is 13.1 Å². The summed E-state index contributed by atoms with van der Waals surface area (Å²) in [4.78, 5) is 15.5. The number of carboxylic acids is 1. The number of carbonyl (C=O) groups is 1. The Morgan fingerprint density at radius 2 is 1.81 bits per heavy atom. The van der Waals surface area contributed by atoms with Gasteiger partial charge in [0.15, 0.2) is 0 Å². The fraction of sp³-hybridized carbons (Fsp3) is 0.562. The van der Waals surface area contributed by atoms with Crippen LogP contribution in [0.5, 0.6) is 0 Å². The maximum Gasteiger partial charge on any atom is 0.335 e. The van der Waals surface area contributed by atoms with Gasteiger partial charge in [-0.1, -0.05) is 13.8 Å². The van der Waals surface area contributed by atoms with Crippen molar-refractivity contribution < 1.29 is 9.90 Å². The van der Waals surface area contributed by atoms with E-state index in [1.54, 1.807) is 12.1 Å². The van der Waals surface area contributed by atoms with Gasteiger partial charge in [0.2, 0.25) is 0 Å². The van der Waals surface area contributed by atoms with Gasteiger partial charge in [-0.3, -0.25) is 0 Å². The van der Waals surface area contributed by atoms with Crippen molar-refractivity contribution in [1.29, 1.82) is 0 Å². The molecule has 0 saturated carbocycles. The molecule has 1 aromatic carbocycles. The van der Waals surface area contributed by atoms with Gasteiger partial charge in [-0.2, -0.15) is 0 Å². The molecule has 0 spiro atoms. The lowest BCUT2D eigenvalue weighted by Crippen LogP contribution is -2.30. The molecule has 0 radical (unpaired) electrons. The van der Waals surface area contributed by atoms with Crippen molar-refractivity contribution in [3.8, 4) is 0 Å². The summed E-state index contributed by atoms with van der Waals surface area (Å²) in [5.74, 6) is -0.946. The summed E-state index contributed by atoms with van der Waals surface area (Å²) in [6, 6.07) is 4.95. The number of hydrogen-bond donors (Lipinski definition) is 2. The lowest BCUT2D eigenvalue weighted by molar-refractivity contribution is 0.0697. The quantitative estimate of drug-likeness (QED) is 0.685. The van der Waals surface area contributed by atoms with E-state index < -0.39 is 5.97 Å². The Balaban J connectivity index is 2.69. The van der Waals surface area contributed by atoms with Gasteiger partial charge in [0.25, 0.3) is 0 Å². The molecule has 1 aromatic rings. The predicted octanol–water partition coefficient (Wildman–Crippen LogP) is 2.53. The molecule has 5 heteroatoms. The molecule has 21 heavy (non-hydrogen) atoms. The molecule has 0 unspecified atom stereocenters. The standard InChI is InChI=1S/C16H27N3O2/c1-4-18(5-2)10-7-11-19(6-3)15-9-8-13(16(20)21)12-14(15)17/h8-9,12H,4-7,10-11,17H2,1-3H3,(H,20,21). The van der Waals surface area contributed by atoms with Gasteiger partial charge in [-0.05, 0) is 51.2 Å². The highest BCUT2D eigenvalue weighted by atomic mass is 16.4. The Labute approximate surface area is 127 Å². The Bertz CT molecular complexity index is 459. The van der Waals surface area contributed by atoms with Crippen molar-refractivity contribution in [2.45, 2.75) is 27.2 Å². The summed E-state index contributed by atoms with van der Waals surface area (Å²) in [6.07, 6.45) is 1.07. The minimum atomic E-state index is -0.946. The van der Waals surface area contributed by atoms with Crippen LogP contribution in [0.2, 0.25) is 0 Å². The number of carboxylic acid groups (broad SMARTS) is 1. The molecule has 118 valence electrons. The van der Waals surface area contributed by atoms with E-state index in [-0.39, 0.29) is 5.56 Å². The first-order valence-electron chi connectivity index (χ1n) is 7.63. The molecule has 0 aliphatic heterocycles. The number of rotatable bonds is 9. The normalized spacial score (nSPS) is 10.9. The van der Waals surface area contributed by atoms with Crippen LogP contribution in [-0.2, 0) is 0 Å². The van der Waals surface area contributed by atoms with Crippen LogP contribution in [0.25, 0.3) is 0 Å². The van der Waals surface area contributed by atoms with Gasteiger partial charge < -0.3 is 20.6 Å². The molecule has 1 rings (SSSR count). The zero-order chi connectivity index (χ0) is 15.8. The molecule has 0 atom stereocenters. The first-order valence-corrected chi connectivity index (χ1v) is 7.63. The molecule has 0 aliphatic carbocycles. The van der Waals surface area contributed by atoms with Crippen LogP contribution in [0, 0.1) is 0 Å². The Hall–Kier alpha value is -1.75. The summed E-state index contributed by atoms with van der Waals surface area (Å²) in [6.45, 7) is 11.4. The van der Waals surface area contributed by atoms with Crippen molar-refractivity contribution in [3.05, 3.63) is 23.8 Å². The summed E-state index contributed by atoms with van der Waals surface area (Å²) in [5, 5.41) is 8.98. The van der Waals surface area contributed by atoms with Crippen LogP contribution in [0.4, 0.5) is 11.4 Å². The summed E-state index contributed by atoms with van der Waals surface area (Å²) in [5.41, 5.74) is 7.68. The first-order chi connectivity index (χ1) is 10.0. The van der Waals surface area contributed by atoms with Gasteiger partial charge in [-0.25, -0.2) is 4.79 Å². The third-order valence-electron chi connectivity index (χ3n) is 3.79. The zero-order valence-electron chi connectivity index (χ0n) is 13.3. The Morgan fingerprint density at radius 3 is 2.29 bits per heavy atom. The number of hydrogen-bond acceptors (Lipinski definition) is 4. The highest BCUT2D eigenvalue weighted by molar-refractivity contribution is 5.90. The number of nitrogens with two attached hydrogens (primary N) is 1. The highest BCUT2D eigenvalue weighted by Gasteiger charge is 2.11. The third-order valence-corrected chi connectivity index (χ3v) is 3.79. The molecule has 0 aromatic heterocycles. The lowest BCUT2D eigenvalue weighted by atomic mass is 10.1. The second-order valence-electron chi connectivity index (χ2n) is 5.04. The monoisotopic (exact) mass is 293 g/mol. The highest BCUT2D eigenvalue weighted by Crippen LogP contribution is 2.24. The van der Waals surface area contributed by atoms with Crippen LogP contribution < -0.4 is 10.6 Å². The molecule has 5 nitrogen and oxygen atoms in total. The number of nitrogens with zero attached hydrogens (tertiary/aromatic N) is 2. The summed E-state index contributed by atoms with van der Waals surface area (Å²) in [7, 11) is 0. The molecule has 0 fully saturated rings. The fourth-order valence-electron chi connectivity index (χ4n) is 2.45. The number of benzene rings is 1. The second-order valence-corrected chi connectivity index (χ2v) is 5.04. The molecular weight excluding hydrogens is 266 g/mol. The third kappa shape index (κ3) is 4.93. The SMILES string of the molecule is CCN(CC)CCCN(CC)c1ccc(C(=O)O)cc1N. The zero-order valence-corrected chi connectivity index (χ0v) is 13.3. The summed E-state index contributed by atoms with van der Waals surface area (Å²) >= 11 is 0. The van der Waals surface area contributed by atoms with Crippen LogP contribution in [0.3, 0.4) is 0 Å². The minimum Gasteiger partial charge on any atom is -0.478 e. The van der Waals surface area contributed by atoms with E-state index >= 15 is 0 Å². The van der Waals surface area contributed by atoms with Gasteiger partial charge in [0.1, 0.15) is 0 Å². The van der Waals surface area contributed by atoms with Crippen LogP contribution in [-0.4, -0.2) is 48.7 Å². The number of nitrogen functional groups attached to an aromatic ring is 1. The molecule has 0 aliphatic rings. The Morgan fingerprint density at radius 1 is 1.14 bits per heavy atom. The van der Waals surface area contributed by atoms with E-state index in [1.807, 2.05) is 0 Å². The largest absolute Gasteiger partial charge is 0.478 e. The van der Waals surface area contributed by atoms with E-state index in [4.69, 9.17) is 10.8 Å². The second kappa shape index (κ2) is 8.52. The fourth-order valence-corrected chi connectivity index (χ4v) is 2.45. The van der Waals surface area contributed by atoms with Crippen molar-refractivity contribution in [3.63, 3.8) is 0 Å². The van der Waals surface area contributed by atoms with E-state index in [0.717, 1.165) is 44.8 Å². The van der Waals surface area contributed by atoms with Crippen LogP contribution in [0.1, 0.15) is 37.6 Å². The van der Waals surface area contributed by atoms with Crippen molar-refractivity contribution >= 4 is 17.3 Å². The van der Waals surface area contributed by atoms with Crippen LogP contribution >= 0.6 is 0 Å². The Kier molecular flexibility index (Phi) is 7.02. The van der Waals surface area contributed by atoms with Gasteiger partial charge in [-0.15, -0.1) is 0 Å². The molecular formula is C16H27N3O2. The van der Waals surface area contributed by atoms with E-state index in [0.29, 0.717) is 5.69 Å². The van der Waals surface area contributed by atoms with Crippen molar-refractivity contribution in [1.82, 2.24) is 4.90 Å². The first kappa shape index (κ1) is 17.3. The van der Waals surface area contributed by atoms with E-state index in [2.05, 4.69) is 30.6 Å². The topological polar surface area (TPSA) is 69.8 Å². The molecule has 0 saturated heterocycles. The van der Waals surface area contributed by atoms with E-state index in [1.165, 1.54) is 6.07 Å². The smallest absolute Gasteiger partial charge is 0.335 e. The number of aromatic carboxylic acids is 1. The average Bonchev–Trinajstić information content (AvgIpc) is 2.48. The maximum absolute atomic E-state index is 10.9. The molecule has 0 bridgehead atoms. The average molecular weight is 293 g/mol. The maximum atomic E-state index is 10.9. The lowest BCUT2D eigenvalue weighted by Gasteiger charge is -2.26. The van der Waals surface area contributed by atoms with Crippen LogP contribution in [0.15, 0.2) is 18.2 Å². The minimum absolute atomic E-state index is 0.232. The predicted molar refractivity (Wildman–Crippen MR) is 88.1 cm³/mol. The van der Waals surface area contributed by atoms with Gasteiger partial charge >= 0.3 is 5.97 Å². The molecule has 0 amide bonds. The van der Waals surface area contributed by atoms with Gasteiger partial charge in [0.05, 0.1) is 16.9 Å². The molecule has 3 N–H and O–H groups in total. The van der Waals surface area contributed by atoms with E-state index in [9.17, 15) is 4.79 Å². The summed E-state index contributed by atoms with van der Waals surface area (Å²) < 4.78 is 0. The number of anilines is 2.